The summed E-state index contributed by atoms with van der Waals surface area (Å²) in [6.45, 7) is 0. The molecule has 0 atom stereocenters. The number of nitrogens with one attached hydrogen (secondary N) is 1. The van der Waals surface area contributed by atoms with Crippen LogP contribution in [0.25, 0.3) is 0 Å². The number of carboxylic acids is 1. The van der Waals surface area contributed by atoms with Gasteiger partial charge in [-0.2, -0.15) is 0 Å². The van der Waals surface area contributed by atoms with Crippen LogP contribution in [0.2, 0.25) is 10.0 Å². The number of aromatic hydroxyl groups is 1. The van der Waals surface area contributed by atoms with Crippen molar-refractivity contribution < 1.29 is 15.0 Å². The number of phenols is 1. The number of anilines is 2. The summed E-state index contributed by atoms with van der Waals surface area (Å²) in [4.78, 5) is 10.8. The summed E-state index contributed by atoms with van der Waals surface area (Å²) < 4.78 is 0. The molecule has 0 aliphatic heterocycles. The quantitative estimate of drug-likeness (QED) is 0.910. The van der Waals surface area contributed by atoms with Crippen LogP contribution in [0.5, 0.6) is 5.75 Å². The highest BCUT2D eigenvalue weighted by atomic mass is 35.5. The second-order valence-corrected chi connectivity index (χ2v) is 4.89. The van der Waals surface area contributed by atoms with Gasteiger partial charge in [0.2, 0.25) is 0 Å². The van der Waals surface area contributed by atoms with Crippen molar-refractivity contribution in [1.82, 2.24) is 0 Å². The van der Waals surface area contributed by atoms with Gasteiger partial charge in [-0.05, 0) is 24.3 Å². The number of benzene rings is 2. The third kappa shape index (κ3) is 3.15. The summed E-state index contributed by atoms with van der Waals surface area (Å²) >= 11 is 12.1. The highest BCUT2D eigenvalue weighted by Crippen LogP contribution is 2.35. The van der Waals surface area contributed by atoms with Crippen LogP contribution in [0, 0.1) is 0 Å². The molecule has 0 aliphatic rings. The summed E-state index contributed by atoms with van der Waals surface area (Å²) in [5.41, 5.74) is 1.06. The minimum absolute atomic E-state index is 0.137. The largest absolute Gasteiger partial charge is 0.550 e. The smallest absolute Gasteiger partial charge is 0.121 e. The summed E-state index contributed by atoms with van der Waals surface area (Å²) in [5, 5.41) is 24.2. The Kier molecular flexibility index (Phi) is 4.37. The number of hydrogen-bond acceptors (Lipinski definition) is 4. The fraction of sp³-hybridized carbons (Fsp3) is 0.0714. The standard InChI is InChI=1S/C14H11Cl2NO3/c15-9-3-1-4-10(16)14(9)17-11-5-2-6-12(18)8(11)7-13(19)20/h1-6,17-18H,7H2,(H,19,20)/p-1. The zero-order valence-corrected chi connectivity index (χ0v) is 11.7. The van der Waals surface area contributed by atoms with E-state index in [2.05, 4.69) is 5.32 Å². The van der Waals surface area contributed by atoms with Crippen LogP contribution in [-0.2, 0) is 11.2 Å². The van der Waals surface area contributed by atoms with Gasteiger partial charge in [-0.25, -0.2) is 0 Å². The molecule has 0 radical (unpaired) electrons. The fourth-order valence-electron chi connectivity index (χ4n) is 1.77. The molecule has 2 aromatic rings. The van der Waals surface area contributed by atoms with E-state index >= 15 is 0 Å². The van der Waals surface area contributed by atoms with E-state index in [4.69, 9.17) is 23.2 Å². The van der Waals surface area contributed by atoms with Gasteiger partial charge in [0, 0.05) is 23.6 Å². The maximum absolute atomic E-state index is 10.8. The summed E-state index contributed by atoms with van der Waals surface area (Å²) in [7, 11) is 0. The maximum atomic E-state index is 10.8. The van der Waals surface area contributed by atoms with Gasteiger partial charge in [0.1, 0.15) is 5.75 Å². The maximum Gasteiger partial charge on any atom is 0.121 e. The van der Waals surface area contributed by atoms with Crippen LogP contribution in [0.1, 0.15) is 5.56 Å². The average Bonchev–Trinajstić information content (AvgIpc) is 2.37. The Morgan fingerprint density at radius 3 is 2.35 bits per heavy atom. The lowest BCUT2D eigenvalue weighted by atomic mass is 10.1. The minimum atomic E-state index is -1.29. The van der Waals surface area contributed by atoms with E-state index in [-0.39, 0.29) is 11.3 Å². The predicted octanol–water partition coefficient (Wildman–Crippen LogP) is 2.74. The van der Waals surface area contributed by atoms with Crippen molar-refractivity contribution in [2.75, 3.05) is 5.32 Å². The van der Waals surface area contributed by atoms with Gasteiger partial charge in [0.05, 0.1) is 15.7 Å². The molecule has 20 heavy (non-hydrogen) atoms. The Hall–Kier alpha value is -1.91. The Morgan fingerprint density at radius 1 is 1.15 bits per heavy atom. The molecular weight excluding hydrogens is 301 g/mol. The molecule has 0 aliphatic carbocycles. The SMILES string of the molecule is O=C([O-])Cc1c(O)cccc1Nc1c(Cl)cccc1Cl. The number of phenolic OH excluding ortho intramolecular Hbond substituents is 1. The van der Waals surface area contributed by atoms with Crippen molar-refractivity contribution in [1.29, 1.82) is 0 Å². The zero-order chi connectivity index (χ0) is 14.7. The molecule has 2 aromatic carbocycles. The number of carboxylic acid groups (broad SMARTS) is 1. The lowest BCUT2D eigenvalue weighted by Crippen LogP contribution is -2.24. The highest BCUT2D eigenvalue weighted by Gasteiger charge is 2.11. The summed E-state index contributed by atoms with van der Waals surface area (Å²) in [5.74, 6) is -1.43. The van der Waals surface area contributed by atoms with Gasteiger partial charge in [0.25, 0.3) is 0 Å². The molecule has 0 amide bonds. The fourth-order valence-corrected chi connectivity index (χ4v) is 2.27. The second-order valence-electron chi connectivity index (χ2n) is 4.07. The summed E-state index contributed by atoms with van der Waals surface area (Å²) in [6, 6.07) is 9.60. The normalized spacial score (nSPS) is 10.3. The Balaban J connectivity index is 2.43. The van der Waals surface area contributed by atoms with Crippen LogP contribution in [-0.4, -0.2) is 11.1 Å². The lowest BCUT2D eigenvalue weighted by Gasteiger charge is -2.15. The number of hydrogen-bond donors (Lipinski definition) is 2. The van der Waals surface area contributed by atoms with E-state index in [1.165, 1.54) is 6.07 Å². The van der Waals surface area contributed by atoms with Crippen LogP contribution in [0.4, 0.5) is 11.4 Å². The molecule has 0 unspecified atom stereocenters. The molecule has 0 aromatic heterocycles. The van der Waals surface area contributed by atoms with E-state index in [9.17, 15) is 15.0 Å². The number of para-hydroxylation sites is 1. The van der Waals surface area contributed by atoms with E-state index in [0.29, 0.717) is 21.4 Å². The average molecular weight is 311 g/mol. The van der Waals surface area contributed by atoms with Gasteiger partial charge in [-0.3, -0.25) is 0 Å². The van der Waals surface area contributed by atoms with Gasteiger partial charge in [0.15, 0.2) is 0 Å². The minimum Gasteiger partial charge on any atom is -0.550 e. The first-order chi connectivity index (χ1) is 9.49. The molecule has 0 saturated carbocycles. The van der Waals surface area contributed by atoms with Crippen LogP contribution in [0.3, 0.4) is 0 Å². The van der Waals surface area contributed by atoms with Crippen LogP contribution >= 0.6 is 23.2 Å². The number of aliphatic carboxylic acids is 1. The Labute approximate surface area is 125 Å². The molecule has 6 heteroatoms. The number of rotatable bonds is 4. The first-order valence-corrected chi connectivity index (χ1v) is 6.46. The van der Waals surface area contributed by atoms with Crippen molar-refractivity contribution in [2.45, 2.75) is 6.42 Å². The molecule has 0 bridgehead atoms. The Morgan fingerprint density at radius 2 is 1.75 bits per heavy atom. The molecule has 0 saturated heterocycles. The second kappa shape index (κ2) is 6.03. The van der Waals surface area contributed by atoms with Crippen molar-refractivity contribution in [3.05, 3.63) is 52.0 Å². The van der Waals surface area contributed by atoms with E-state index in [1.54, 1.807) is 30.3 Å². The number of carbonyl (C=O) groups is 1. The van der Waals surface area contributed by atoms with Crippen molar-refractivity contribution in [2.24, 2.45) is 0 Å². The molecule has 2 rings (SSSR count). The van der Waals surface area contributed by atoms with Crippen molar-refractivity contribution in [3.8, 4) is 5.75 Å². The van der Waals surface area contributed by atoms with Crippen LogP contribution in [0.15, 0.2) is 36.4 Å². The van der Waals surface area contributed by atoms with Gasteiger partial charge in [-0.15, -0.1) is 0 Å². The third-order valence-corrected chi connectivity index (χ3v) is 3.32. The van der Waals surface area contributed by atoms with E-state index in [0.717, 1.165) is 0 Å². The number of halogens is 2. The van der Waals surface area contributed by atoms with E-state index in [1.807, 2.05) is 0 Å². The third-order valence-electron chi connectivity index (χ3n) is 2.69. The first kappa shape index (κ1) is 14.5. The van der Waals surface area contributed by atoms with E-state index < -0.39 is 12.4 Å². The highest BCUT2D eigenvalue weighted by molar-refractivity contribution is 6.39. The topological polar surface area (TPSA) is 72.4 Å². The molecule has 4 nitrogen and oxygen atoms in total. The van der Waals surface area contributed by atoms with Crippen molar-refractivity contribution in [3.63, 3.8) is 0 Å². The molecule has 0 spiro atoms. The molecular formula is C14H10Cl2NO3-. The molecule has 104 valence electrons. The monoisotopic (exact) mass is 310 g/mol. The molecule has 0 fully saturated rings. The molecule has 2 N–H and O–H groups in total. The summed E-state index contributed by atoms with van der Waals surface area (Å²) in [6.07, 6.45) is -0.420. The Bertz CT molecular complexity index is 639. The molecule has 0 heterocycles. The number of carbonyl (C=O) groups excluding carboxylic acids is 1. The first-order valence-electron chi connectivity index (χ1n) is 5.70. The van der Waals surface area contributed by atoms with Gasteiger partial charge < -0.3 is 20.3 Å². The van der Waals surface area contributed by atoms with Crippen molar-refractivity contribution >= 4 is 40.5 Å². The van der Waals surface area contributed by atoms with Gasteiger partial charge >= 0.3 is 0 Å². The van der Waals surface area contributed by atoms with Gasteiger partial charge in [-0.1, -0.05) is 35.3 Å². The van der Waals surface area contributed by atoms with Crippen LogP contribution < -0.4 is 10.4 Å². The lowest BCUT2D eigenvalue weighted by molar-refractivity contribution is -0.304. The zero-order valence-electron chi connectivity index (χ0n) is 10.2. The predicted molar refractivity (Wildman–Crippen MR) is 76.6 cm³/mol.